The number of amides is 1. The molecule has 18 heavy (non-hydrogen) atoms. The summed E-state index contributed by atoms with van der Waals surface area (Å²) in [6.45, 7) is 0. The van der Waals surface area contributed by atoms with Crippen LogP contribution in [0.2, 0.25) is 0 Å². The Hall–Kier alpha value is -1.40. The third-order valence-electron chi connectivity index (χ3n) is 2.72. The fourth-order valence-electron chi connectivity index (χ4n) is 1.79. The molecule has 0 radical (unpaired) electrons. The van der Waals surface area contributed by atoms with Crippen molar-refractivity contribution in [2.75, 3.05) is 5.32 Å². The van der Waals surface area contributed by atoms with Crippen LogP contribution >= 0.6 is 15.9 Å². The zero-order valence-corrected chi connectivity index (χ0v) is 11.0. The molecule has 2 unspecified atom stereocenters. The molecule has 2 atom stereocenters. The predicted molar refractivity (Wildman–Crippen MR) is 68.3 cm³/mol. The number of hydrogen-bond acceptors (Lipinski definition) is 3. The summed E-state index contributed by atoms with van der Waals surface area (Å²) in [7, 11) is 0. The van der Waals surface area contributed by atoms with Crippen LogP contribution in [0.15, 0.2) is 28.7 Å². The Balaban J connectivity index is 1.98. The topological polar surface area (TPSA) is 75.6 Å². The molecule has 1 fully saturated rings. The molecule has 0 bridgehead atoms. The second-order valence-electron chi connectivity index (χ2n) is 4.00. The van der Waals surface area contributed by atoms with Crippen LogP contribution in [-0.4, -0.2) is 29.2 Å². The minimum atomic E-state index is -1.02. The molecule has 96 valence electrons. The SMILES string of the molecule is O=C(O)C1CCC(C(=O)Nc2ccccc2Br)O1. The fourth-order valence-corrected chi connectivity index (χ4v) is 2.17. The molecule has 2 N–H and O–H groups in total. The molecule has 0 spiro atoms. The Morgan fingerprint density at radius 3 is 2.56 bits per heavy atom. The molecule has 1 aliphatic heterocycles. The largest absolute Gasteiger partial charge is 0.479 e. The van der Waals surface area contributed by atoms with Crippen molar-refractivity contribution in [1.82, 2.24) is 0 Å². The Labute approximate surface area is 112 Å². The molecule has 0 saturated carbocycles. The summed E-state index contributed by atoms with van der Waals surface area (Å²) in [4.78, 5) is 22.6. The molecule has 0 aromatic heterocycles. The van der Waals surface area contributed by atoms with E-state index in [1.54, 1.807) is 12.1 Å². The van der Waals surface area contributed by atoms with Gasteiger partial charge in [-0.1, -0.05) is 12.1 Å². The van der Waals surface area contributed by atoms with Gasteiger partial charge in [0.15, 0.2) is 6.10 Å². The van der Waals surface area contributed by atoms with Gasteiger partial charge in [-0.2, -0.15) is 0 Å². The molecule has 1 saturated heterocycles. The van der Waals surface area contributed by atoms with Gasteiger partial charge in [-0.15, -0.1) is 0 Å². The first-order valence-electron chi connectivity index (χ1n) is 5.51. The number of aliphatic carboxylic acids is 1. The molecule has 0 aliphatic carbocycles. The number of carboxylic acids is 1. The highest BCUT2D eigenvalue weighted by Gasteiger charge is 2.34. The van der Waals surface area contributed by atoms with Gasteiger partial charge in [0.2, 0.25) is 0 Å². The van der Waals surface area contributed by atoms with Crippen LogP contribution in [-0.2, 0) is 14.3 Å². The molecule has 1 amide bonds. The van der Waals surface area contributed by atoms with Crippen molar-refractivity contribution in [3.63, 3.8) is 0 Å². The first kappa shape index (κ1) is 13.0. The minimum Gasteiger partial charge on any atom is -0.479 e. The molecular formula is C12H12BrNO4. The number of nitrogens with one attached hydrogen (secondary N) is 1. The highest BCUT2D eigenvalue weighted by atomic mass is 79.9. The third kappa shape index (κ3) is 2.88. The van der Waals surface area contributed by atoms with E-state index < -0.39 is 18.2 Å². The van der Waals surface area contributed by atoms with Gasteiger partial charge in [0.05, 0.1) is 5.69 Å². The van der Waals surface area contributed by atoms with Crippen molar-refractivity contribution >= 4 is 33.5 Å². The average molecular weight is 314 g/mol. The number of rotatable bonds is 3. The van der Waals surface area contributed by atoms with Crippen molar-refractivity contribution in [2.45, 2.75) is 25.0 Å². The lowest BCUT2D eigenvalue weighted by molar-refractivity contribution is -0.150. The molecule has 5 nitrogen and oxygen atoms in total. The quantitative estimate of drug-likeness (QED) is 0.895. The van der Waals surface area contributed by atoms with Crippen molar-refractivity contribution in [3.05, 3.63) is 28.7 Å². The molecular weight excluding hydrogens is 302 g/mol. The number of halogens is 1. The maximum absolute atomic E-state index is 11.9. The zero-order valence-electron chi connectivity index (χ0n) is 9.43. The lowest BCUT2D eigenvalue weighted by Gasteiger charge is -2.12. The Morgan fingerprint density at radius 1 is 1.28 bits per heavy atom. The summed E-state index contributed by atoms with van der Waals surface area (Å²) in [6.07, 6.45) is -0.783. The van der Waals surface area contributed by atoms with Gasteiger partial charge in [-0.25, -0.2) is 4.79 Å². The summed E-state index contributed by atoms with van der Waals surface area (Å²) in [5, 5.41) is 11.5. The second kappa shape index (κ2) is 5.49. The number of carbonyl (C=O) groups is 2. The second-order valence-corrected chi connectivity index (χ2v) is 4.85. The maximum atomic E-state index is 11.9. The van der Waals surface area contributed by atoms with Crippen LogP contribution in [0.3, 0.4) is 0 Å². The van der Waals surface area contributed by atoms with Crippen molar-refractivity contribution < 1.29 is 19.4 Å². The smallest absolute Gasteiger partial charge is 0.332 e. The van der Waals surface area contributed by atoms with Crippen LogP contribution in [0.5, 0.6) is 0 Å². The monoisotopic (exact) mass is 313 g/mol. The average Bonchev–Trinajstić information content (AvgIpc) is 2.81. The third-order valence-corrected chi connectivity index (χ3v) is 3.41. The predicted octanol–water partition coefficient (Wildman–Crippen LogP) is 2.02. The zero-order chi connectivity index (χ0) is 13.1. The Kier molecular flexibility index (Phi) is 3.98. The van der Waals surface area contributed by atoms with Gasteiger partial charge < -0.3 is 15.2 Å². The van der Waals surface area contributed by atoms with E-state index in [0.29, 0.717) is 18.5 Å². The number of benzene rings is 1. The van der Waals surface area contributed by atoms with Crippen LogP contribution in [0, 0.1) is 0 Å². The highest BCUT2D eigenvalue weighted by molar-refractivity contribution is 9.10. The lowest BCUT2D eigenvalue weighted by Crippen LogP contribution is -2.30. The van der Waals surface area contributed by atoms with Gasteiger partial charge in [0.25, 0.3) is 5.91 Å². The van der Waals surface area contributed by atoms with E-state index in [4.69, 9.17) is 9.84 Å². The normalized spacial score (nSPS) is 22.7. The molecule has 1 heterocycles. The summed E-state index contributed by atoms with van der Waals surface area (Å²) in [5.74, 6) is -1.34. The van der Waals surface area contributed by atoms with Gasteiger partial charge in [0, 0.05) is 4.47 Å². The standard InChI is InChI=1S/C12H12BrNO4/c13-7-3-1-2-4-8(7)14-11(15)9-5-6-10(18-9)12(16)17/h1-4,9-10H,5-6H2,(H,14,15)(H,16,17). The summed E-state index contributed by atoms with van der Waals surface area (Å²) in [6, 6.07) is 7.21. The van der Waals surface area contributed by atoms with E-state index >= 15 is 0 Å². The summed E-state index contributed by atoms with van der Waals surface area (Å²) in [5.41, 5.74) is 0.643. The molecule has 1 aliphatic rings. The van der Waals surface area contributed by atoms with E-state index in [2.05, 4.69) is 21.2 Å². The first-order valence-corrected chi connectivity index (χ1v) is 6.31. The molecule has 2 rings (SSSR count). The number of hydrogen-bond donors (Lipinski definition) is 2. The van der Waals surface area contributed by atoms with Crippen LogP contribution in [0.25, 0.3) is 0 Å². The van der Waals surface area contributed by atoms with Crippen LogP contribution in [0.1, 0.15) is 12.8 Å². The van der Waals surface area contributed by atoms with E-state index in [-0.39, 0.29) is 5.91 Å². The van der Waals surface area contributed by atoms with E-state index in [0.717, 1.165) is 4.47 Å². The number of anilines is 1. The van der Waals surface area contributed by atoms with E-state index in [1.165, 1.54) is 0 Å². The Morgan fingerprint density at radius 2 is 1.94 bits per heavy atom. The number of carbonyl (C=O) groups excluding carboxylic acids is 1. The van der Waals surface area contributed by atoms with E-state index in [1.807, 2.05) is 12.1 Å². The van der Waals surface area contributed by atoms with Gasteiger partial charge in [-0.05, 0) is 40.9 Å². The van der Waals surface area contributed by atoms with Crippen LogP contribution < -0.4 is 5.32 Å². The van der Waals surface area contributed by atoms with Crippen molar-refractivity contribution in [2.24, 2.45) is 0 Å². The summed E-state index contributed by atoms with van der Waals surface area (Å²) >= 11 is 3.32. The Bertz CT molecular complexity index is 477. The number of ether oxygens (including phenoxy) is 1. The maximum Gasteiger partial charge on any atom is 0.332 e. The molecule has 1 aromatic rings. The molecule has 1 aromatic carbocycles. The fraction of sp³-hybridized carbons (Fsp3) is 0.333. The highest BCUT2D eigenvalue weighted by Crippen LogP contribution is 2.24. The van der Waals surface area contributed by atoms with Crippen molar-refractivity contribution in [1.29, 1.82) is 0 Å². The van der Waals surface area contributed by atoms with Gasteiger partial charge >= 0.3 is 5.97 Å². The van der Waals surface area contributed by atoms with E-state index in [9.17, 15) is 9.59 Å². The minimum absolute atomic E-state index is 0.314. The molecule has 6 heteroatoms. The number of carboxylic acid groups (broad SMARTS) is 1. The first-order chi connectivity index (χ1) is 8.58. The lowest BCUT2D eigenvalue weighted by atomic mass is 10.2. The van der Waals surface area contributed by atoms with Crippen molar-refractivity contribution in [3.8, 4) is 0 Å². The number of para-hydroxylation sites is 1. The van der Waals surface area contributed by atoms with Gasteiger partial charge in [0.1, 0.15) is 6.10 Å². The summed E-state index contributed by atoms with van der Waals surface area (Å²) < 4.78 is 5.94. The van der Waals surface area contributed by atoms with Crippen LogP contribution in [0.4, 0.5) is 5.69 Å². The van der Waals surface area contributed by atoms with Gasteiger partial charge in [-0.3, -0.25) is 4.79 Å².